The first kappa shape index (κ1) is 10.0. The third kappa shape index (κ3) is 2.78. The number of piperidine rings is 1. The van der Waals surface area contributed by atoms with E-state index >= 15 is 0 Å². The number of unbranched alkanes of at least 4 members (excludes halogenated alkanes) is 1. The van der Waals surface area contributed by atoms with E-state index in [0.29, 0.717) is 0 Å². The van der Waals surface area contributed by atoms with Gasteiger partial charge in [0.25, 0.3) is 0 Å². The molecule has 0 unspecified atom stereocenters. The van der Waals surface area contributed by atoms with Crippen molar-refractivity contribution < 1.29 is 4.48 Å². The zero-order chi connectivity index (χ0) is 9.03. The van der Waals surface area contributed by atoms with Crippen LogP contribution >= 0.6 is 0 Å². The average molecular weight is 170 g/mol. The molecule has 0 aromatic rings. The van der Waals surface area contributed by atoms with Crippen LogP contribution in [0.1, 0.15) is 39.5 Å². The van der Waals surface area contributed by atoms with Gasteiger partial charge in [-0.25, -0.2) is 0 Å². The van der Waals surface area contributed by atoms with Crippen molar-refractivity contribution in [2.75, 3.05) is 26.7 Å². The van der Waals surface area contributed by atoms with Gasteiger partial charge in [-0.15, -0.1) is 0 Å². The molecule has 1 heterocycles. The summed E-state index contributed by atoms with van der Waals surface area (Å²) in [4.78, 5) is 0. The molecule has 0 radical (unpaired) electrons. The molecule has 1 saturated heterocycles. The molecule has 1 rings (SSSR count). The summed E-state index contributed by atoms with van der Waals surface area (Å²) in [5.74, 6) is 0.959. The molecular weight excluding hydrogens is 146 g/mol. The highest BCUT2D eigenvalue weighted by Gasteiger charge is 2.27. The van der Waals surface area contributed by atoms with Crippen LogP contribution < -0.4 is 0 Å². The molecule has 1 aliphatic rings. The number of hydrogen-bond donors (Lipinski definition) is 0. The summed E-state index contributed by atoms with van der Waals surface area (Å²) in [6.07, 6.45) is 5.66. The maximum absolute atomic E-state index is 2.44. The van der Waals surface area contributed by atoms with Gasteiger partial charge in [-0.3, -0.25) is 0 Å². The zero-order valence-electron chi connectivity index (χ0n) is 8.97. The van der Waals surface area contributed by atoms with Gasteiger partial charge < -0.3 is 4.48 Å². The fraction of sp³-hybridized carbons (Fsp3) is 1.00. The quantitative estimate of drug-likeness (QED) is 0.571. The van der Waals surface area contributed by atoms with Crippen LogP contribution in [0.3, 0.4) is 0 Å². The van der Waals surface area contributed by atoms with Gasteiger partial charge in [0.1, 0.15) is 0 Å². The van der Waals surface area contributed by atoms with Crippen molar-refractivity contribution in [1.82, 2.24) is 0 Å². The fourth-order valence-corrected chi connectivity index (χ4v) is 2.50. The van der Waals surface area contributed by atoms with Gasteiger partial charge in [-0.2, -0.15) is 0 Å². The van der Waals surface area contributed by atoms with Crippen LogP contribution in [0.25, 0.3) is 0 Å². The molecule has 1 heteroatoms. The van der Waals surface area contributed by atoms with Gasteiger partial charge >= 0.3 is 0 Å². The summed E-state index contributed by atoms with van der Waals surface area (Å²) < 4.78 is 1.34. The summed E-state index contributed by atoms with van der Waals surface area (Å²) in [6.45, 7) is 8.94. The molecule has 1 nitrogen and oxygen atoms in total. The van der Waals surface area contributed by atoms with Gasteiger partial charge in [0.15, 0.2) is 0 Å². The van der Waals surface area contributed by atoms with E-state index in [9.17, 15) is 0 Å². The van der Waals surface area contributed by atoms with Crippen molar-refractivity contribution in [1.29, 1.82) is 0 Å². The second-order valence-electron chi connectivity index (χ2n) is 4.85. The first-order chi connectivity index (χ1) is 5.66. The van der Waals surface area contributed by atoms with Gasteiger partial charge in [0.2, 0.25) is 0 Å². The lowest BCUT2D eigenvalue weighted by atomic mass is 9.98. The molecule has 0 bridgehead atoms. The monoisotopic (exact) mass is 170 g/mol. The van der Waals surface area contributed by atoms with Crippen molar-refractivity contribution in [3.05, 3.63) is 0 Å². The van der Waals surface area contributed by atoms with Crippen molar-refractivity contribution in [3.63, 3.8) is 0 Å². The van der Waals surface area contributed by atoms with Crippen molar-refractivity contribution in [2.45, 2.75) is 39.5 Å². The average Bonchev–Trinajstić information content (AvgIpc) is 2.01. The molecule has 1 aliphatic heterocycles. The molecule has 2 atom stereocenters. The smallest absolute Gasteiger partial charge is 0.0810 e. The Balaban J connectivity index is 2.35. The number of likely N-dealkylation sites (tertiary alicyclic amines) is 1. The predicted octanol–water partition coefficient (Wildman–Crippen LogP) is 2.66. The normalized spacial score (nSPS) is 36.8. The number of rotatable bonds is 3. The lowest BCUT2D eigenvalue weighted by molar-refractivity contribution is -0.917. The van der Waals surface area contributed by atoms with Crippen LogP contribution in [0.2, 0.25) is 0 Å². The Labute approximate surface area is 77.4 Å². The van der Waals surface area contributed by atoms with Gasteiger partial charge in [0, 0.05) is 5.92 Å². The molecule has 0 aromatic carbocycles. The van der Waals surface area contributed by atoms with Crippen LogP contribution in [-0.4, -0.2) is 31.2 Å². The summed E-state index contributed by atoms with van der Waals surface area (Å²) in [6, 6.07) is 0. The molecular formula is C11H24N+. The lowest BCUT2D eigenvalue weighted by Crippen LogP contribution is -2.50. The summed E-state index contributed by atoms with van der Waals surface area (Å²) >= 11 is 0. The Morgan fingerprint density at radius 2 is 2.17 bits per heavy atom. The third-order valence-electron chi connectivity index (χ3n) is 3.20. The van der Waals surface area contributed by atoms with E-state index in [1.165, 1.54) is 49.8 Å². The maximum atomic E-state index is 2.44. The molecule has 0 saturated carbocycles. The van der Waals surface area contributed by atoms with E-state index < -0.39 is 0 Å². The molecule has 0 aromatic heterocycles. The highest BCUT2D eigenvalue weighted by Crippen LogP contribution is 2.21. The van der Waals surface area contributed by atoms with E-state index in [-0.39, 0.29) is 0 Å². The molecule has 0 N–H and O–H groups in total. The Morgan fingerprint density at radius 1 is 1.42 bits per heavy atom. The number of hydrogen-bond acceptors (Lipinski definition) is 0. The minimum absolute atomic E-state index is 0.959. The Hall–Kier alpha value is -0.0400. The molecule has 0 amide bonds. The van der Waals surface area contributed by atoms with E-state index in [2.05, 4.69) is 20.9 Å². The van der Waals surface area contributed by atoms with Gasteiger partial charge in [0.05, 0.1) is 26.7 Å². The third-order valence-corrected chi connectivity index (χ3v) is 3.20. The number of nitrogens with zero attached hydrogens (tertiary/aromatic N) is 1. The molecule has 12 heavy (non-hydrogen) atoms. The Bertz CT molecular complexity index is 133. The molecule has 72 valence electrons. The highest BCUT2D eigenvalue weighted by atomic mass is 15.3. The van der Waals surface area contributed by atoms with Crippen LogP contribution in [0.15, 0.2) is 0 Å². The first-order valence-electron chi connectivity index (χ1n) is 5.50. The van der Waals surface area contributed by atoms with Crippen LogP contribution in [0, 0.1) is 5.92 Å². The summed E-state index contributed by atoms with van der Waals surface area (Å²) in [5, 5.41) is 0. The van der Waals surface area contributed by atoms with Crippen molar-refractivity contribution in [2.24, 2.45) is 5.92 Å². The lowest BCUT2D eigenvalue weighted by Gasteiger charge is -2.40. The second kappa shape index (κ2) is 4.27. The SMILES string of the molecule is CCCC[N@@+]1(C)CCC[C@@H](C)C1. The topological polar surface area (TPSA) is 0 Å². The zero-order valence-corrected chi connectivity index (χ0v) is 8.97. The molecule has 0 aliphatic carbocycles. The Morgan fingerprint density at radius 3 is 2.75 bits per heavy atom. The minimum Gasteiger partial charge on any atom is -0.326 e. The van der Waals surface area contributed by atoms with Gasteiger partial charge in [-0.05, 0) is 19.3 Å². The largest absolute Gasteiger partial charge is 0.326 e. The van der Waals surface area contributed by atoms with Crippen LogP contribution in [0.4, 0.5) is 0 Å². The predicted molar refractivity (Wildman–Crippen MR) is 54.1 cm³/mol. The second-order valence-corrected chi connectivity index (χ2v) is 4.85. The van der Waals surface area contributed by atoms with E-state index in [1.807, 2.05) is 0 Å². The van der Waals surface area contributed by atoms with Crippen LogP contribution in [0.5, 0.6) is 0 Å². The molecule has 0 spiro atoms. The Kier molecular flexibility index (Phi) is 3.57. The van der Waals surface area contributed by atoms with Crippen molar-refractivity contribution in [3.8, 4) is 0 Å². The van der Waals surface area contributed by atoms with E-state index in [0.717, 1.165) is 5.92 Å². The van der Waals surface area contributed by atoms with E-state index in [1.54, 1.807) is 0 Å². The molecule has 1 fully saturated rings. The van der Waals surface area contributed by atoms with Crippen LogP contribution in [-0.2, 0) is 0 Å². The standard InChI is InChI=1S/C11H24N/c1-4-5-8-12(3)9-6-7-11(2)10-12/h11H,4-10H2,1-3H3/q+1/t11-,12+/m1/s1. The fourth-order valence-electron chi connectivity index (χ4n) is 2.50. The van der Waals surface area contributed by atoms with Crippen molar-refractivity contribution >= 4 is 0 Å². The first-order valence-corrected chi connectivity index (χ1v) is 5.50. The highest BCUT2D eigenvalue weighted by molar-refractivity contribution is 4.59. The summed E-state index contributed by atoms with van der Waals surface area (Å²) in [5.41, 5.74) is 0. The summed E-state index contributed by atoms with van der Waals surface area (Å²) in [7, 11) is 2.44. The van der Waals surface area contributed by atoms with E-state index in [4.69, 9.17) is 0 Å². The maximum Gasteiger partial charge on any atom is 0.0810 e. The minimum atomic E-state index is 0.959. The van der Waals surface area contributed by atoms with Gasteiger partial charge in [-0.1, -0.05) is 20.3 Å². The number of quaternary nitrogens is 1.